The average Bonchev–Trinajstić information content (AvgIpc) is 3.07. The molecular weight excluding hydrogens is 352 g/mol. The second-order valence-corrected chi connectivity index (χ2v) is 8.37. The van der Waals surface area contributed by atoms with Crippen LogP contribution in [-0.2, 0) is 4.74 Å². The summed E-state index contributed by atoms with van der Waals surface area (Å²) in [7, 11) is 0. The Kier molecular flexibility index (Phi) is 6.32. The largest absolute Gasteiger partial charge is 0.494 e. The molecule has 2 heterocycles. The molecule has 152 valence electrons. The highest BCUT2D eigenvalue weighted by molar-refractivity contribution is 5.93. The van der Waals surface area contributed by atoms with Crippen molar-refractivity contribution in [1.29, 1.82) is 0 Å². The predicted molar refractivity (Wildman–Crippen MR) is 114 cm³/mol. The SMILES string of the molecule is CCCCCOc1ccc2[nH]cc(C3=CCN(C(=O)OC(C)(C)C)CC3)c2c1. The van der Waals surface area contributed by atoms with Gasteiger partial charge in [-0.1, -0.05) is 25.8 Å². The molecule has 3 rings (SSSR count). The Bertz CT molecular complexity index is 845. The molecule has 5 nitrogen and oxygen atoms in total. The van der Waals surface area contributed by atoms with Gasteiger partial charge >= 0.3 is 6.09 Å². The Labute approximate surface area is 167 Å². The predicted octanol–water partition coefficient (Wildman–Crippen LogP) is 5.76. The van der Waals surface area contributed by atoms with Crippen molar-refractivity contribution in [2.45, 2.75) is 59.0 Å². The van der Waals surface area contributed by atoms with E-state index in [0.29, 0.717) is 13.1 Å². The summed E-state index contributed by atoms with van der Waals surface area (Å²) >= 11 is 0. The number of amides is 1. The van der Waals surface area contributed by atoms with E-state index in [4.69, 9.17) is 9.47 Å². The second kappa shape index (κ2) is 8.72. The highest BCUT2D eigenvalue weighted by atomic mass is 16.6. The third kappa shape index (κ3) is 5.09. The van der Waals surface area contributed by atoms with Gasteiger partial charge in [0.25, 0.3) is 0 Å². The minimum atomic E-state index is -0.467. The van der Waals surface area contributed by atoms with Gasteiger partial charge in [-0.05, 0) is 57.4 Å². The molecule has 0 spiro atoms. The number of rotatable bonds is 6. The van der Waals surface area contributed by atoms with Crippen LogP contribution in [0.25, 0.3) is 16.5 Å². The lowest BCUT2D eigenvalue weighted by molar-refractivity contribution is 0.0270. The molecular formula is C23H32N2O3. The number of H-pyrrole nitrogens is 1. The Morgan fingerprint density at radius 1 is 1.25 bits per heavy atom. The van der Waals surface area contributed by atoms with Crippen LogP contribution in [0.15, 0.2) is 30.5 Å². The monoisotopic (exact) mass is 384 g/mol. The summed E-state index contributed by atoms with van der Waals surface area (Å²) in [5, 5.41) is 1.17. The molecule has 2 aromatic rings. The Morgan fingerprint density at radius 2 is 2.07 bits per heavy atom. The van der Waals surface area contributed by atoms with Gasteiger partial charge in [-0.15, -0.1) is 0 Å². The average molecular weight is 385 g/mol. The van der Waals surface area contributed by atoms with E-state index in [-0.39, 0.29) is 6.09 Å². The number of benzene rings is 1. The first-order valence-electron chi connectivity index (χ1n) is 10.3. The first-order valence-corrected chi connectivity index (χ1v) is 10.3. The minimum Gasteiger partial charge on any atom is -0.494 e. The van der Waals surface area contributed by atoms with Crippen LogP contribution in [0, 0.1) is 0 Å². The summed E-state index contributed by atoms with van der Waals surface area (Å²) in [6.45, 7) is 9.87. The molecule has 0 bridgehead atoms. The van der Waals surface area contributed by atoms with Gasteiger partial charge in [-0.2, -0.15) is 0 Å². The van der Waals surface area contributed by atoms with Crippen molar-refractivity contribution in [3.8, 4) is 5.75 Å². The van der Waals surface area contributed by atoms with E-state index in [2.05, 4.69) is 36.3 Å². The summed E-state index contributed by atoms with van der Waals surface area (Å²) in [4.78, 5) is 17.4. The zero-order valence-electron chi connectivity index (χ0n) is 17.5. The Morgan fingerprint density at radius 3 is 2.75 bits per heavy atom. The summed E-state index contributed by atoms with van der Waals surface area (Å²) < 4.78 is 11.4. The number of ether oxygens (including phenoxy) is 2. The van der Waals surface area contributed by atoms with E-state index in [9.17, 15) is 4.79 Å². The summed E-state index contributed by atoms with van der Waals surface area (Å²) in [5.41, 5.74) is 3.09. The summed E-state index contributed by atoms with van der Waals surface area (Å²) in [5.74, 6) is 0.913. The van der Waals surface area contributed by atoms with E-state index >= 15 is 0 Å². The molecule has 1 aliphatic rings. The first kappa shape index (κ1) is 20.3. The Hall–Kier alpha value is -2.43. The lowest BCUT2D eigenvalue weighted by Gasteiger charge is -2.29. The number of nitrogens with zero attached hydrogens (tertiary/aromatic N) is 1. The molecule has 0 fully saturated rings. The number of carbonyl (C=O) groups is 1. The van der Waals surface area contributed by atoms with Gasteiger partial charge in [-0.3, -0.25) is 0 Å². The topological polar surface area (TPSA) is 54.6 Å². The summed E-state index contributed by atoms with van der Waals surface area (Å²) in [6.07, 6.45) is 8.22. The van der Waals surface area contributed by atoms with Crippen molar-refractivity contribution in [3.63, 3.8) is 0 Å². The third-order valence-electron chi connectivity index (χ3n) is 4.88. The van der Waals surface area contributed by atoms with E-state index in [1.807, 2.05) is 26.8 Å². The molecule has 0 saturated carbocycles. The fourth-order valence-electron chi connectivity index (χ4n) is 3.40. The van der Waals surface area contributed by atoms with Crippen LogP contribution in [0.3, 0.4) is 0 Å². The Balaban J connectivity index is 1.70. The van der Waals surface area contributed by atoms with Crippen LogP contribution < -0.4 is 4.74 Å². The third-order valence-corrected chi connectivity index (χ3v) is 4.88. The van der Waals surface area contributed by atoms with Crippen molar-refractivity contribution in [2.75, 3.05) is 19.7 Å². The van der Waals surface area contributed by atoms with Gasteiger partial charge in [0.15, 0.2) is 0 Å². The van der Waals surface area contributed by atoms with Gasteiger partial charge in [-0.25, -0.2) is 4.79 Å². The van der Waals surface area contributed by atoms with Gasteiger partial charge in [0, 0.05) is 35.8 Å². The van der Waals surface area contributed by atoms with Crippen LogP contribution >= 0.6 is 0 Å². The quantitative estimate of drug-likeness (QED) is 0.644. The number of carbonyl (C=O) groups excluding carboxylic acids is 1. The van der Waals surface area contributed by atoms with Crippen molar-refractivity contribution in [1.82, 2.24) is 9.88 Å². The molecule has 0 unspecified atom stereocenters. The zero-order chi connectivity index (χ0) is 20.1. The molecule has 5 heteroatoms. The van der Waals surface area contributed by atoms with Crippen LogP contribution in [0.2, 0.25) is 0 Å². The molecule has 0 aliphatic carbocycles. The molecule has 0 radical (unpaired) electrons. The van der Waals surface area contributed by atoms with Gasteiger partial charge in [0.2, 0.25) is 0 Å². The van der Waals surface area contributed by atoms with E-state index in [0.717, 1.165) is 30.7 Å². The number of aromatic amines is 1. The first-order chi connectivity index (χ1) is 13.4. The van der Waals surface area contributed by atoms with Crippen molar-refractivity contribution >= 4 is 22.6 Å². The summed E-state index contributed by atoms with van der Waals surface area (Å²) in [6, 6.07) is 6.21. The van der Waals surface area contributed by atoms with Crippen molar-refractivity contribution in [2.24, 2.45) is 0 Å². The highest BCUT2D eigenvalue weighted by Gasteiger charge is 2.24. The maximum Gasteiger partial charge on any atom is 0.410 e. The van der Waals surface area contributed by atoms with Gasteiger partial charge in [0.05, 0.1) is 6.61 Å². The van der Waals surface area contributed by atoms with Crippen LogP contribution in [0.5, 0.6) is 5.75 Å². The molecule has 0 atom stereocenters. The number of aromatic nitrogens is 1. The highest BCUT2D eigenvalue weighted by Crippen LogP contribution is 2.32. The van der Waals surface area contributed by atoms with Crippen molar-refractivity contribution in [3.05, 3.63) is 36.0 Å². The number of nitrogens with one attached hydrogen (secondary N) is 1. The van der Waals surface area contributed by atoms with Gasteiger partial charge < -0.3 is 19.4 Å². The van der Waals surface area contributed by atoms with Crippen LogP contribution in [-0.4, -0.2) is 41.3 Å². The molecule has 0 saturated heterocycles. The molecule has 1 aliphatic heterocycles. The molecule has 1 amide bonds. The normalized spacial score (nSPS) is 14.9. The maximum absolute atomic E-state index is 12.3. The maximum atomic E-state index is 12.3. The molecule has 1 aromatic carbocycles. The van der Waals surface area contributed by atoms with Crippen LogP contribution in [0.4, 0.5) is 4.79 Å². The lowest BCUT2D eigenvalue weighted by Crippen LogP contribution is -2.39. The standard InChI is InChI=1S/C23H32N2O3/c1-5-6-7-14-27-18-8-9-21-19(15-18)20(16-24-21)17-10-12-25(13-11-17)22(26)28-23(2,3)4/h8-10,15-16,24H,5-7,11-14H2,1-4H3. The van der Waals surface area contributed by atoms with Crippen LogP contribution in [0.1, 0.15) is 58.9 Å². The molecule has 28 heavy (non-hydrogen) atoms. The number of hydrogen-bond donors (Lipinski definition) is 1. The fourth-order valence-corrected chi connectivity index (χ4v) is 3.40. The van der Waals surface area contributed by atoms with Gasteiger partial charge in [0.1, 0.15) is 11.4 Å². The zero-order valence-corrected chi connectivity index (χ0v) is 17.5. The lowest BCUT2D eigenvalue weighted by atomic mass is 9.99. The molecule has 1 N–H and O–H groups in total. The fraction of sp³-hybridized carbons (Fsp3) is 0.522. The van der Waals surface area contributed by atoms with Crippen molar-refractivity contribution < 1.29 is 14.3 Å². The minimum absolute atomic E-state index is 0.246. The second-order valence-electron chi connectivity index (χ2n) is 8.37. The smallest absolute Gasteiger partial charge is 0.410 e. The van der Waals surface area contributed by atoms with E-state index < -0.39 is 5.60 Å². The number of unbranched alkanes of at least 4 members (excludes halogenated alkanes) is 2. The molecule has 1 aromatic heterocycles. The number of hydrogen-bond acceptors (Lipinski definition) is 3. The number of fused-ring (bicyclic) bond motifs is 1. The van der Waals surface area contributed by atoms with E-state index in [1.54, 1.807) is 4.90 Å². The van der Waals surface area contributed by atoms with E-state index in [1.165, 1.54) is 29.4 Å².